The monoisotopic (exact) mass is 663 g/mol. The van der Waals surface area contributed by atoms with Crippen LogP contribution in [-0.2, 0) is 9.47 Å². The van der Waals surface area contributed by atoms with Crippen LogP contribution in [0.15, 0.2) is 63.8 Å². The molecule has 2 heterocycles. The van der Waals surface area contributed by atoms with E-state index in [0.29, 0.717) is 46.8 Å². The van der Waals surface area contributed by atoms with Crippen molar-refractivity contribution in [3.05, 3.63) is 76.1 Å². The number of aliphatic hydroxyl groups excluding tert-OH is 2. The van der Waals surface area contributed by atoms with Crippen LogP contribution in [0, 0.1) is 6.92 Å². The standard InChI is InChI=1S/C36H41NO11/c1-8-14-45-27-18-22-17-25(37-33(40)21-12-13-26(43-6)24(16-21)20-10-9-11-23(15-20)42-5)34(41)46-30(22)19(2)31(27)47-35-29(39)28(38)32(44-7)36(3,4)48-35/h9-13,15-18,28-29,32,35,38-39H,8,14H2,1-7H3,(H,37,40)/t28-,29-,32+,35+/m0/s1. The Bertz CT molecular complexity index is 1850. The molecule has 48 heavy (non-hydrogen) atoms. The molecule has 1 fully saturated rings. The first kappa shape index (κ1) is 34.7. The lowest BCUT2D eigenvalue weighted by Gasteiger charge is -2.46. The van der Waals surface area contributed by atoms with Gasteiger partial charge >= 0.3 is 5.63 Å². The summed E-state index contributed by atoms with van der Waals surface area (Å²) < 4.78 is 40.1. The second-order valence-electron chi connectivity index (χ2n) is 12.0. The summed E-state index contributed by atoms with van der Waals surface area (Å²) in [5.41, 5.74) is 0.422. The van der Waals surface area contributed by atoms with Gasteiger partial charge in [0, 0.05) is 29.2 Å². The highest BCUT2D eigenvalue weighted by atomic mass is 16.7. The first-order valence-electron chi connectivity index (χ1n) is 15.5. The van der Waals surface area contributed by atoms with E-state index < -0.39 is 41.7 Å². The minimum absolute atomic E-state index is 0.0812. The van der Waals surface area contributed by atoms with Crippen LogP contribution in [0.2, 0.25) is 0 Å². The minimum Gasteiger partial charge on any atom is -0.497 e. The molecule has 1 aliphatic rings. The van der Waals surface area contributed by atoms with Gasteiger partial charge in [-0.3, -0.25) is 4.79 Å². The molecule has 0 aliphatic carbocycles. The number of nitrogens with one attached hydrogen (secondary N) is 1. The number of rotatable bonds is 11. The molecular formula is C36H41NO11. The molecule has 0 saturated carbocycles. The third-order valence-electron chi connectivity index (χ3n) is 8.25. The number of ether oxygens (including phenoxy) is 6. The SMILES string of the molecule is CCCOc1cc2cc(NC(=O)c3ccc(OC)c(-c4cccc(OC)c4)c3)c(=O)oc2c(C)c1O[C@@H]1OC(C)(C)[C@H](OC)[C@@H](O)[C@@H]1O. The molecule has 0 radical (unpaired) electrons. The number of benzene rings is 3. The third-order valence-corrected chi connectivity index (χ3v) is 8.25. The van der Waals surface area contributed by atoms with Crippen LogP contribution in [0.3, 0.4) is 0 Å². The molecule has 12 heteroatoms. The number of aryl methyl sites for hydroxylation is 1. The lowest BCUT2D eigenvalue weighted by atomic mass is 9.89. The van der Waals surface area contributed by atoms with E-state index >= 15 is 0 Å². The molecule has 0 bridgehead atoms. The maximum absolute atomic E-state index is 13.4. The quantitative estimate of drug-likeness (QED) is 0.184. The summed E-state index contributed by atoms with van der Waals surface area (Å²) in [5.74, 6) is 1.13. The normalized spacial score (nSPS) is 20.3. The Morgan fingerprint density at radius 2 is 1.75 bits per heavy atom. The molecule has 4 aromatic rings. The number of carbonyl (C=O) groups excluding carboxylic acids is 1. The van der Waals surface area contributed by atoms with E-state index in [1.54, 1.807) is 59.3 Å². The zero-order chi connectivity index (χ0) is 34.7. The van der Waals surface area contributed by atoms with Crippen LogP contribution in [0.5, 0.6) is 23.0 Å². The van der Waals surface area contributed by atoms with Gasteiger partial charge in [-0.2, -0.15) is 0 Å². The van der Waals surface area contributed by atoms with Gasteiger partial charge in [0.2, 0.25) is 6.29 Å². The summed E-state index contributed by atoms with van der Waals surface area (Å²) in [5, 5.41) is 24.7. The van der Waals surface area contributed by atoms with E-state index in [9.17, 15) is 19.8 Å². The molecule has 12 nitrogen and oxygen atoms in total. The van der Waals surface area contributed by atoms with Crippen molar-refractivity contribution < 1.29 is 47.8 Å². The van der Waals surface area contributed by atoms with Gasteiger partial charge in [-0.15, -0.1) is 0 Å². The number of methoxy groups -OCH3 is 3. The van der Waals surface area contributed by atoms with Crippen molar-refractivity contribution in [2.45, 2.75) is 64.3 Å². The Balaban J connectivity index is 1.48. The molecule has 0 spiro atoms. The van der Waals surface area contributed by atoms with Gasteiger partial charge in [-0.25, -0.2) is 4.79 Å². The smallest absolute Gasteiger partial charge is 0.360 e. The average Bonchev–Trinajstić information content (AvgIpc) is 3.07. The second kappa shape index (κ2) is 14.2. The predicted molar refractivity (Wildman–Crippen MR) is 178 cm³/mol. The Morgan fingerprint density at radius 3 is 2.44 bits per heavy atom. The number of aliphatic hydroxyl groups is 2. The number of hydrogen-bond acceptors (Lipinski definition) is 11. The lowest BCUT2D eigenvalue weighted by Crippen LogP contribution is -2.63. The molecule has 5 rings (SSSR count). The van der Waals surface area contributed by atoms with Crippen molar-refractivity contribution in [3.8, 4) is 34.1 Å². The molecule has 1 amide bonds. The molecule has 4 atom stereocenters. The van der Waals surface area contributed by atoms with Gasteiger partial charge in [0.05, 0.1) is 26.4 Å². The van der Waals surface area contributed by atoms with Crippen molar-refractivity contribution >= 4 is 22.6 Å². The Kier molecular flexibility index (Phi) is 10.3. The summed E-state index contributed by atoms with van der Waals surface area (Å²) >= 11 is 0. The summed E-state index contributed by atoms with van der Waals surface area (Å²) in [6.45, 7) is 7.38. The number of amides is 1. The fourth-order valence-corrected chi connectivity index (χ4v) is 5.81. The van der Waals surface area contributed by atoms with Crippen LogP contribution in [0.4, 0.5) is 5.69 Å². The molecule has 1 aromatic heterocycles. The zero-order valence-corrected chi connectivity index (χ0v) is 28.0. The largest absolute Gasteiger partial charge is 0.497 e. The zero-order valence-electron chi connectivity index (χ0n) is 28.0. The third kappa shape index (κ3) is 6.83. The maximum atomic E-state index is 13.4. The van der Waals surface area contributed by atoms with Crippen molar-refractivity contribution in [1.29, 1.82) is 0 Å². The van der Waals surface area contributed by atoms with Crippen molar-refractivity contribution in [2.75, 3.05) is 33.3 Å². The van der Waals surface area contributed by atoms with Crippen LogP contribution in [-0.4, -0.2) is 74.3 Å². The van der Waals surface area contributed by atoms with Crippen LogP contribution < -0.4 is 29.9 Å². The van der Waals surface area contributed by atoms with Gasteiger partial charge in [-0.05, 0) is 75.2 Å². The molecule has 3 N–H and O–H groups in total. The highest BCUT2D eigenvalue weighted by Gasteiger charge is 2.50. The molecule has 1 saturated heterocycles. The highest BCUT2D eigenvalue weighted by Crippen LogP contribution is 2.41. The van der Waals surface area contributed by atoms with Crippen LogP contribution in [0.25, 0.3) is 22.1 Å². The minimum atomic E-state index is -1.45. The topological polar surface area (TPSA) is 155 Å². The van der Waals surface area contributed by atoms with Crippen molar-refractivity contribution in [2.24, 2.45) is 0 Å². The average molecular weight is 664 g/mol. The number of carbonyl (C=O) groups is 1. The molecule has 1 aliphatic heterocycles. The van der Waals surface area contributed by atoms with E-state index in [-0.39, 0.29) is 22.6 Å². The highest BCUT2D eigenvalue weighted by molar-refractivity contribution is 6.06. The summed E-state index contributed by atoms with van der Waals surface area (Å²) in [4.78, 5) is 26.7. The fraction of sp³-hybridized carbons (Fsp3) is 0.389. The molecular weight excluding hydrogens is 622 g/mol. The number of fused-ring (bicyclic) bond motifs is 1. The molecule has 3 aromatic carbocycles. The molecule has 256 valence electrons. The van der Waals surface area contributed by atoms with Crippen molar-refractivity contribution in [1.82, 2.24) is 0 Å². The first-order chi connectivity index (χ1) is 22.9. The van der Waals surface area contributed by atoms with Gasteiger partial charge < -0.3 is 48.4 Å². The summed E-state index contributed by atoms with van der Waals surface area (Å²) in [6, 6.07) is 15.4. The first-order valence-corrected chi connectivity index (χ1v) is 15.5. The van der Waals surface area contributed by atoms with E-state index in [1.807, 2.05) is 31.2 Å². The fourth-order valence-electron chi connectivity index (χ4n) is 5.81. The van der Waals surface area contributed by atoms with Gasteiger partial charge in [0.15, 0.2) is 11.5 Å². The van der Waals surface area contributed by atoms with Gasteiger partial charge in [0.25, 0.3) is 5.91 Å². The predicted octanol–water partition coefficient (Wildman–Crippen LogP) is 5.08. The van der Waals surface area contributed by atoms with Crippen LogP contribution >= 0.6 is 0 Å². The van der Waals surface area contributed by atoms with E-state index in [0.717, 1.165) is 5.56 Å². The van der Waals surface area contributed by atoms with E-state index in [4.69, 9.17) is 32.8 Å². The Labute approximate surface area is 278 Å². The number of anilines is 1. The Hall–Kier alpha value is -4.62. The second-order valence-corrected chi connectivity index (χ2v) is 12.0. The van der Waals surface area contributed by atoms with Gasteiger partial charge in [-0.1, -0.05) is 19.1 Å². The summed E-state index contributed by atoms with van der Waals surface area (Å²) in [7, 11) is 4.54. The summed E-state index contributed by atoms with van der Waals surface area (Å²) in [6.07, 6.45) is -4.17. The lowest BCUT2D eigenvalue weighted by molar-refractivity contribution is -0.306. The number of hydrogen-bond donors (Lipinski definition) is 3. The Morgan fingerprint density at radius 1 is 0.979 bits per heavy atom. The van der Waals surface area contributed by atoms with Crippen molar-refractivity contribution in [3.63, 3.8) is 0 Å². The van der Waals surface area contributed by atoms with Crippen LogP contribution in [0.1, 0.15) is 43.1 Å². The van der Waals surface area contributed by atoms with E-state index in [1.165, 1.54) is 13.2 Å². The molecule has 0 unspecified atom stereocenters. The maximum Gasteiger partial charge on any atom is 0.360 e. The van der Waals surface area contributed by atoms with E-state index in [2.05, 4.69) is 5.32 Å². The van der Waals surface area contributed by atoms with Gasteiger partial charge in [0.1, 0.15) is 41.1 Å².